The fourth-order valence-corrected chi connectivity index (χ4v) is 5.98. The zero-order chi connectivity index (χ0) is 31.7. The van der Waals surface area contributed by atoms with E-state index in [0.717, 1.165) is 11.1 Å². The maximum absolute atomic E-state index is 14.0. The number of unbranched alkanes of at least 4 members (excludes halogenated alkanes) is 1. The molecule has 5 amide bonds. The number of morpholine rings is 1. The number of aliphatic hydroxyl groups excluding tert-OH is 1. The van der Waals surface area contributed by atoms with Crippen LogP contribution in [0.15, 0.2) is 24.3 Å². The first kappa shape index (κ1) is 33.4. The highest BCUT2D eigenvalue weighted by molar-refractivity contribution is 5.99. The minimum Gasteiger partial charge on any atom is -0.396 e. The molecule has 4 rings (SSSR count). The van der Waals surface area contributed by atoms with Gasteiger partial charge in [0.05, 0.1) is 13.2 Å². The Morgan fingerprint density at radius 2 is 1.68 bits per heavy atom. The number of nitrogens with one attached hydrogen (secondary N) is 3. The molecule has 1 aromatic carbocycles. The van der Waals surface area contributed by atoms with Gasteiger partial charge in [0.15, 0.2) is 0 Å². The number of amides is 5. The number of carbonyl (C=O) groups is 5. The van der Waals surface area contributed by atoms with Gasteiger partial charge in [0.25, 0.3) is 0 Å². The van der Waals surface area contributed by atoms with Crippen molar-refractivity contribution in [2.45, 2.75) is 95.3 Å². The Balaban J connectivity index is 1.50. The van der Waals surface area contributed by atoms with Crippen LogP contribution in [0.3, 0.4) is 0 Å². The smallest absolute Gasteiger partial charge is 0.246 e. The van der Waals surface area contributed by atoms with Gasteiger partial charge in [0, 0.05) is 39.1 Å². The molecule has 3 aliphatic rings. The van der Waals surface area contributed by atoms with Crippen LogP contribution in [0.1, 0.15) is 69.9 Å². The standard InChI is InChI=1S/C32H47N5O7/c1-3-32(2)31(43)34-25(21-23-11-9-22(10-12-23)13-14-27(39)36-16-19-44-20-17-36)30(42)37-15-6-8-26(37)29(41)33-24(28(40)35-32)7-4-5-18-38/h9-12,24-26,38H,3-8,13-21H2,1-2H3,(H,33,41)(H,34,43)(H,35,40)/t24-,25-,26+,32-/m0/s1. The third kappa shape index (κ3) is 8.35. The summed E-state index contributed by atoms with van der Waals surface area (Å²) in [4.78, 5) is 70.3. The first-order chi connectivity index (χ1) is 21.1. The fourth-order valence-electron chi connectivity index (χ4n) is 5.98. The minimum atomic E-state index is -1.31. The Bertz CT molecular complexity index is 1190. The molecule has 0 saturated carbocycles. The molecule has 1 aromatic rings. The number of hydrogen-bond donors (Lipinski definition) is 4. The molecule has 0 radical (unpaired) electrons. The molecule has 242 valence electrons. The number of ether oxygens (including phenoxy) is 1. The number of rotatable bonds is 10. The van der Waals surface area contributed by atoms with E-state index in [-0.39, 0.29) is 37.2 Å². The molecule has 12 nitrogen and oxygen atoms in total. The number of hydrogen-bond acceptors (Lipinski definition) is 7. The molecular formula is C32H47N5O7. The summed E-state index contributed by atoms with van der Waals surface area (Å²) >= 11 is 0. The minimum absolute atomic E-state index is 0.0268. The molecule has 44 heavy (non-hydrogen) atoms. The van der Waals surface area contributed by atoms with Crippen molar-refractivity contribution < 1.29 is 33.8 Å². The van der Waals surface area contributed by atoms with Gasteiger partial charge in [-0.05, 0) is 63.0 Å². The van der Waals surface area contributed by atoms with Crippen molar-refractivity contribution in [3.63, 3.8) is 0 Å². The molecule has 0 aromatic heterocycles. The Labute approximate surface area is 259 Å². The molecule has 4 atom stereocenters. The SMILES string of the molecule is CC[C@]1(C)NC(=O)[C@H](CCCCO)NC(=O)[C@H]2CCCN2C(=O)[C@H](Cc2ccc(CCC(=O)N3CCOCC3)cc2)NC1=O. The van der Waals surface area contributed by atoms with Crippen molar-refractivity contribution >= 4 is 29.5 Å². The highest BCUT2D eigenvalue weighted by atomic mass is 16.5. The Kier molecular flexibility index (Phi) is 11.7. The number of carbonyl (C=O) groups excluding carboxylic acids is 5. The van der Waals surface area contributed by atoms with Crippen molar-refractivity contribution in [3.05, 3.63) is 35.4 Å². The van der Waals surface area contributed by atoms with Gasteiger partial charge < -0.3 is 35.6 Å². The molecule has 4 N–H and O–H groups in total. The fraction of sp³-hybridized carbons (Fsp3) is 0.656. The van der Waals surface area contributed by atoms with Crippen LogP contribution in [0.5, 0.6) is 0 Å². The van der Waals surface area contributed by atoms with Gasteiger partial charge in [-0.25, -0.2) is 0 Å². The predicted octanol–water partition coefficient (Wildman–Crippen LogP) is 0.442. The van der Waals surface area contributed by atoms with Crippen LogP contribution in [0, 0.1) is 0 Å². The van der Waals surface area contributed by atoms with Crippen LogP contribution >= 0.6 is 0 Å². The molecule has 3 aliphatic heterocycles. The lowest BCUT2D eigenvalue weighted by molar-refractivity contribution is -0.144. The highest BCUT2D eigenvalue weighted by Crippen LogP contribution is 2.22. The molecule has 0 aliphatic carbocycles. The lowest BCUT2D eigenvalue weighted by atomic mass is 9.94. The molecule has 3 saturated heterocycles. The molecule has 0 spiro atoms. The Hall–Kier alpha value is -3.51. The van der Waals surface area contributed by atoms with Gasteiger partial charge in [-0.1, -0.05) is 31.2 Å². The average Bonchev–Trinajstić information content (AvgIpc) is 3.53. The Morgan fingerprint density at radius 3 is 2.36 bits per heavy atom. The van der Waals surface area contributed by atoms with E-state index in [0.29, 0.717) is 77.8 Å². The molecular weight excluding hydrogens is 566 g/mol. The normalized spacial score (nSPS) is 26.7. The van der Waals surface area contributed by atoms with Crippen LogP contribution in [0.2, 0.25) is 0 Å². The number of nitrogens with zero attached hydrogens (tertiary/aromatic N) is 2. The van der Waals surface area contributed by atoms with E-state index >= 15 is 0 Å². The van der Waals surface area contributed by atoms with Gasteiger partial charge in [-0.3, -0.25) is 24.0 Å². The largest absolute Gasteiger partial charge is 0.396 e. The first-order valence-electron chi connectivity index (χ1n) is 15.9. The third-order valence-electron chi connectivity index (χ3n) is 9.04. The number of fused-ring (bicyclic) bond motifs is 1. The van der Waals surface area contributed by atoms with Crippen LogP contribution in [-0.2, 0) is 41.6 Å². The van der Waals surface area contributed by atoms with Crippen LogP contribution in [-0.4, -0.2) is 108 Å². The summed E-state index contributed by atoms with van der Waals surface area (Å²) in [7, 11) is 0. The van der Waals surface area contributed by atoms with E-state index in [4.69, 9.17) is 4.74 Å². The maximum Gasteiger partial charge on any atom is 0.246 e. The second kappa shape index (κ2) is 15.5. The van der Waals surface area contributed by atoms with Gasteiger partial charge in [0.2, 0.25) is 29.5 Å². The summed E-state index contributed by atoms with van der Waals surface area (Å²) in [5.74, 6) is -1.56. The molecule has 3 fully saturated rings. The van der Waals surface area contributed by atoms with Crippen LogP contribution in [0.4, 0.5) is 0 Å². The summed E-state index contributed by atoms with van der Waals surface area (Å²) < 4.78 is 5.32. The van der Waals surface area contributed by atoms with Crippen molar-refractivity contribution in [3.8, 4) is 0 Å². The summed E-state index contributed by atoms with van der Waals surface area (Å²) in [5.41, 5.74) is 0.511. The average molecular weight is 614 g/mol. The predicted molar refractivity (Wildman–Crippen MR) is 162 cm³/mol. The number of benzene rings is 1. The lowest BCUT2D eigenvalue weighted by Crippen LogP contribution is -2.65. The number of aliphatic hydroxyl groups is 1. The van der Waals surface area contributed by atoms with Crippen LogP contribution < -0.4 is 16.0 Å². The summed E-state index contributed by atoms with van der Waals surface area (Å²) in [6, 6.07) is 5.10. The van der Waals surface area contributed by atoms with E-state index in [1.165, 1.54) is 4.90 Å². The summed E-state index contributed by atoms with van der Waals surface area (Å²) in [6.45, 7) is 6.11. The van der Waals surface area contributed by atoms with Crippen LogP contribution in [0.25, 0.3) is 0 Å². The van der Waals surface area contributed by atoms with Gasteiger partial charge in [0.1, 0.15) is 23.7 Å². The van der Waals surface area contributed by atoms with Crippen molar-refractivity contribution in [2.75, 3.05) is 39.5 Å². The zero-order valence-electron chi connectivity index (χ0n) is 25.9. The monoisotopic (exact) mass is 613 g/mol. The lowest BCUT2D eigenvalue weighted by Gasteiger charge is -2.36. The van der Waals surface area contributed by atoms with E-state index in [2.05, 4.69) is 16.0 Å². The molecule has 0 bridgehead atoms. The maximum atomic E-state index is 14.0. The zero-order valence-corrected chi connectivity index (χ0v) is 25.9. The molecule has 3 heterocycles. The third-order valence-corrected chi connectivity index (χ3v) is 9.04. The van der Waals surface area contributed by atoms with Crippen molar-refractivity contribution in [1.29, 1.82) is 0 Å². The summed E-state index contributed by atoms with van der Waals surface area (Å²) in [5, 5.41) is 17.8. The first-order valence-corrected chi connectivity index (χ1v) is 15.9. The Morgan fingerprint density at radius 1 is 0.977 bits per heavy atom. The number of aryl methyl sites for hydroxylation is 1. The van der Waals surface area contributed by atoms with Gasteiger partial charge in [-0.2, -0.15) is 0 Å². The van der Waals surface area contributed by atoms with Crippen molar-refractivity contribution in [1.82, 2.24) is 25.8 Å². The van der Waals surface area contributed by atoms with E-state index in [1.807, 2.05) is 29.2 Å². The second-order valence-electron chi connectivity index (χ2n) is 12.2. The van der Waals surface area contributed by atoms with Gasteiger partial charge >= 0.3 is 0 Å². The van der Waals surface area contributed by atoms with E-state index in [9.17, 15) is 29.1 Å². The van der Waals surface area contributed by atoms with E-state index < -0.39 is 35.5 Å². The second-order valence-corrected chi connectivity index (χ2v) is 12.2. The highest BCUT2D eigenvalue weighted by Gasteiger charge is 2.43. The topological polar surface area (TPSA) is 157 Å². The molecule has 12 heteroatoms. The summed E-state index contributed by atoms with van der Waals surface area (Å²) in [6.07, 6.45) is 3.88. The van der Waals surface area contributed by atoms with E-state index in [1.54, 1.807) is 13.8 Å². The van der Waals surface area contributed by atoms with Gasteiger partial charge in [-0.15, -0.1) is 0 Å². The quantitative estimate of drug-likeness (QED) is 0.279. The molecule has 0 unspecified atom stereocenters. The van der Waals surface area contributed by atoms with Crippen molar-refractivity contribution in [2.24, 2.45) is 0 Å².